The zero-order valence-corrected chi connectivity index (χ0v) is 19.0. The number of amides is 1. The van der Waals surface area contributed by atoms with Gasteiger partial charge in [-0.1, -0.05) is 0 Å². The zero-order valence-electron chi connectivity index (χ0n) is 19.0. The van der Waals surface area contributed by atoms with E-state index in [1.807, 2.05) is 6.07 Å². The summed E-state index contributed by atoms with van der Waals surface area (Å²) in [4.78, 5) is 34.8. The summed E-state index contributed by atoms with van der Waals surface area (Å²) < 4.78 is 33.2. The van der Waals surface area contributed by atoms with Crippen molar-refractivity contribution in [1.29, 1.82) is 0 Å². The number of carbonyl (C=O) groups excluding carboxylic acids is 1. The van der Waals surface area contributed by atoms with Gasteiger partial charge in [-0.05, 0) is 13.0 Å². The number of hydrogen-bond donors (Lipinski definition) is 2. The van der Waals surface area contributed by atoms with Gasteiger partial charge in [0.2, 0.25) is 11.7 Å². The van der Waals surface area contributed by atoms with Crippen molar-refractivity contribution in [1.82, 2.24) is 24.9 Å². The Bertz CT molecular complexity index is 1200. The minimum Gasteiger partial charge on any atom is -0.378 e. The number of ether oxygens (including phenoxy) is 1. The van der Waals surface area contributed by atoms with Crippen molar-refractivity contribution in [3.63, 3.8) is 0 Å². The number of aromatic nitrogens is 5. The highest BCUT2D eigenvalue weighted by atomic mass is 19.3. The maximum absolute atomic E-state index is 13.9. The maximum Gasteiger partial charge on any atom is 0.303 e. The van der Waals surface area contributed by atoms with Crippen LogP contribution in [0.5, 0.6) is 0 Å². The predicted molar refractivity (Wildman–Crippen MR) is 122 cm³/mol. The number of rotatable bonds is 6. The first-order valence-corrected chi connectivity index (χ1v) is 10.6. The molecule has 2 N–H and O–H groups in total. The van der Waals surface area contributed by atoms with Crippen molar-refractivity contribution >= 4 is 29.0 Å². The van der Waals surface area contributed by atoms with Crippen LogP contribution in [0.25, 0.3) is 11.4 Å². The fraction of sp³-hybridized carbons (Fsp3) is 0.364. The first-order valence-electron chi connectivity index (χ1n) is 10.6. The summed E-state index contributed by atoms with van der Waals surface area (Å²) in [6, 6.07) is 4.93. The lowest BCUT2D eigenvalue weighted by molar-refractivity contribution is -0.114. The number of carbonyl (C=O) groups is 1. The van der Waals surface area contributed by atoms with Crippen LogP contribution in [0.3, 0.4) is 0 Å². The molecule has 0 aromatic carbocycles. The topological polar surface area (TPSA) is 118 Å². The van der Waals surface area contributed by atoms with Gasteiger partial charge in [-0.3, -0.25) is 4.79 Å². The Morgan fingerprint density at radius 2 is 1.88 bits per heavy atom. The molecule has 10 nitrogen and oxygen atoms in total. The monoisotopic (exact) mass is 470 g/mol. The number of pyridine rings is 1. The SMILES string of the molecule is CC(=O)Nc1cc(Nc2cc(C)nc(C(C)(F)F)n2)c(-c2nccc(N3CCOCC3)n2)cn1. The first-order chi connectivity index (χ1) is 16.2. The van der Waals surface area contributed by atoms with Crippen LogP contribution >= 0.6 is 0 Å². The molecule has 1 aliphatic rings. The lowest BCUT2D eigenvalue weighted by Gasteiger charge is -2.27. The van der Waals surface area contributed by atoms with E-state index in [2.05, 4.69) is 40.5 Å². The van der Waals surface area contributed by atoms with Crippen molar-refractivity contribution < 1.29 is 18.3 Å². The Hall–Kier alpha value is -3.80. The second-order valence-electron chi connectivity index (χ2n) is 7.87. The zero-order chi connectivity index (χ0) is 24.3. The lowest BCUT2D eigenvalue weighted by Crippen LogP contribution is -2.36. The van der Waals surface area contributed by atoms with Crippen molar-refractivity contribution in [3.8, 4) is 11.4 Å². The van der Waals surface area contributed by atoms with Gasteiger partial charge in [-0.25, -0.2) is 24.9 Å². The van der Waals surface area contributed by atoms with Gasteiger partial charge < -0.3 is 20.3 Å². The molecule has 3 aromatic rings. The Balaban J connectivity index is 1.75. The van der Waals surface area contributed by atoms with Gasteiger partial charge in [0, 0.05) is 57.2 Å². The highest BCUT2D eigenvalue weighted by Gasteiger charge is 2.29. The largest absolute Gasteiger partial charge is 0.378 e. The standard InChI is InChI=1S/C22H24F2N8O2/c1-13-10-18(30-21(27-13)22(3,23)24)29-16-11-17(28-14(2)33)26-12-15(16)20-25-5-4-19(31-20)32-6-8-34-9-7-32/h4-5,10-12H,6-9H2,1-3H3,(H2,26,27,28,29,30,33). The highest BCUT2D eigenvalue weighted by Crippen LogP contribution is 2.31. The molecule has 0 atom stereocenters. The van der Waals surface area contributed by atoms with Gasteiger partial charge in [-0.15, -0.1) is 0 Å². The average Bonchev–Trinajstić information content (AvgIpc) is 2.79. The smallest absolute Gasteiger partial charge is 0.303 e. The van der Waals surface area contributed by atoms with Crippen LogP contribution in [-0.4, -0.2) is 57.1 Å². The van der Waals surface area contributed by atoms with E-state index in [1.165, 1.54) is 13.1 Å². The van der Waals surface area contributed by atoms with E-state index < -0.39 is 11.7 Å². The van der Waals surface area contributed by atoms with Crippen molar-refractivity contribution in [2.24, 2.45) is 0 Å². The van der Waals surface area contributed by atoms with Gasteiger partial charge in [-0.2, -0.15) is 8.78 Å². The number of morpholine rings is 1. The van der Waals surface area contributed by atoms with E-state index in [0.717, 1.165) is 12.7 Å². The van der Waals surface area contributed by atoms with Crippen LogP contribution in [0, 0.1) is 6.92 Å². The molecule has 1 aliphatic heterocycles. The number of halogens is 2. The summed E-state index contributed by atoms with van der Waals surface area (Å²) in [5.74, 6) is -2.57. The van der Waals surface area contributed by atoms with Crippen LogP contribution in [0.15, 0.2) is 30.6 Å². The molecule has 1 fully saturated rings. The molecule has 4 heterocycles. The van der Waals surface area contributed by atoms with Crippen molar-refractivity contribution in [2.75, 3.05) is 41.8 Å². The number of nitrogens with zero attached hydrogens (tertiary/aromatic N) is 6. The Kier molecular flexibility index (Phi) is 6.59. The summed E-state index contributed by atoms with van der Waals surface area (Å²) in [6.07, 6.45) is 3.15. The van der Waals surface area contributed by atoms with Crippen LogP contribution < -0.4 is 15.5 Å². The quantitative estimate of drug-likeness (QED) is 0.559. The van der Waals surface area contributed by atoms with Crippen LogP contribution in [0.4, 0.5) is 31.9 Å². The number of aryl methyl sites for hydroxylation is 1. The lowest BCUT2D eigenvalue weighted by atomic mass is 10.2. The molecule has 0 radical (unpaired) electrons. The normalized spacial score (nSPS) is 14.1. The van der Waals surface area contributed by atoms with Gasteiger partial charge in [0.25, 0.3) is 0 Å². The number of hydrogen-bond acceptors (Lipinski definition) is 9. The molecule has 3 aromatic heterocycles. The number of alkyl halides is 2. The van der Waals surface area contributed by atoms with Crippen LogP contribution in [-0.2, 0) is 15.5 Å². The second kappa shape index (κ2) is 9.59. The van der Waals surface area contributed by atoms with Crippen molar-refractivity contribution in [2.45, 2.75) is 26.7 Å². The highest BCUT2D eigenvalue weighted by molar-refractivity contribution is 5.89. The average molecular weight is 470 g/mol. The van der Waals surface area contributed by atoms with Crippen molar-refractivity contribution in [3.05, 3.63) is 42.1 Å². The van der Waals surface area contributed by atoms with Gasteiger partial charge in [0.15, 0.2) is 5.82 Å². The molecule has 4 rings (SSSR count). The van der Waals surface area contributed by atoms with Crippen LogP contribution in [0.1, 0.15) is 25.4 Å². The molecular weight excluding hydrogens is 446 g/mol. The summed E-state index contributed by atoms with van der Waals surface area (Å²) in [7, 11) is 0. The minimum absolute atomic E-state index is 0.162. The van der Waals surface area contributed by atoms with E-state index in [9.17, 15) is 13.6 Å². The molecule has 34 heavy (non-hydrogen) atoms. The van der Waals surface area contributed by atoms with E-state index >= 15 is 0 Å². The molecule has 0 saturated carbocycles. The fourth-order valence-electron chi connectivity index (χ4n) is 3.40. The molecular formula is C22H24F2N8O2. The summed E-state index contributed by atoms with van der Waals surface area (Å²) in [5, 5.41) is 5.66. The molecule has 0 aliphatic carbocycles. The van der Waals surface area contributed by atoms with E-state index in [1.54, 1.807) is 25.3 Å². The Morgan fingerprint density at radius 1 is 1.12 bits per heavy atom. The third-order valence-electron chi connectivity index (χ3n) is 4.93. The predicted octanol–water partition coefficient (Wildman–Crippen LogP) is 3.29. The molecule has 0 unspecified atom stereocenters. The van der Waals surface area contributed by atoms with Gasteiger partial charge >= 0.3 is 5.92 Å². The minimum atomic E-state index is -3.21. The van der Waals surface area contributed by atoms with E-state index in [4.69, 9.17) is 4.74 Å². The molecule has 178 valence electrons. The summed E-state index contributed by atoms with van der Waals surface area (Å²) in [5.41, 5.74) is 1.31. The van der Waals surface area contributed by atoms with Gasteiger partial charge in [0.05, 0.1) is 24.5 Å². The molecule has 0 spiro atoms. The Morgan fingerprint density at radius 3 is 2.59 bits per heavy atom. The van der Waals surface area contributed by atoms with E-state index in [-0.39, 0.29) is 17.5 Å². The third-order valence-corrected chi connectivity index (χ3v) is 4.93. The fourth-order valence-corrected chi connectivity index (χ4v) is 3.40. The van der Waals surface area contributed by atoms with Gasteiger partial charge in [0.1, 0.15) is 17.5 Å². The third kappa shape index (κ3) is 5.57. The molecule has 0 bridgehead atoms. The number of anilines is 4. The molecule has 1 amide bonds. The summed E-state index contributed by atoms with van der Waals surface area (Å²) in [6.45, 7) is 6.33. The Labute approximate surface area is 194 Å². The van der Waals surface area contributed by atoms with E-state index in [0.29, 0.717) is 49.1 Å². The second-order valence-corrected chi connectivity index (χ2v) is 7.87. The number of nitrogens with one attached hydrogen (secondary N) is 2. The maximum atomic E-state index is 13.9. The molecule has 12 heteroatoms. The first kappa shape index (κ1) is 23.4. The molecule has 1 saturated heterocycles. The van der Waals surface area contributed by atoms with Crippen LogP contribution in [0.2, 0.25) is 0 Å². The summed E-state index contributed by atoms with van der Waals surface area (Å²) >= 11 is 0.